The van der Waals surface area contributed by atoms with E-state index in [1.165, 1.54) is 12.1 Å². The van der Waals surface area contributed by atoms with Gasteiger partial charge in [0.25, 0.3) is 0 Å². The van der Waals surface area contributed by atoms with Crippen LogP contribution in [0.4, 0.5) is 8.78 Å². The third-order valence-corrected chi connectivity index (χ3v) is 4.04. The molecule has 1 unspecified atom stereocenters. The maximum atomic E-state index is 13.9. The van der Waals surface area contributed by atoms with Crippen LogP contribution < -0.4 is 0 Å². The molecule has 0 spiro atoms. The summed E-state index contributed by atoms with van der Waals surface area (Å²) in [5, 5.41) is 10.4. The third-order valence-electron chi connectivity index (χ3n) is 2.61. The summed E-state index contributed by atoms with van der Waals surface area (Å²) in [6, 6.07) is 7.02. The number of aliphatic hydroxyl groups excluding tert-OH is 1. The molecule has 2 aromatic rings. The van der Waals surface area contributed by atoms with E-state index >= 15 is 0 Å². The maximum absolute atomic E-state index is 13.9. The Kier molecular flexibility index (Phi) is 4.61. The highest BCUT2D eigenvalue weighted by Gasteiger charge is 2.23. The number of aliphatic hydroxyl groups is 1. The van der Waals surface area contributed by atoms with Gasteiger partial charge in [-0.1, -0.05) is 33.6 Å². The molecule has 0 aromatic heterocycles. The van der Waals surface area contributed by atoms with Crippen molar-refractivity contribution in [1.82, 2.24) is 0 Å². The Labute approximate surface area is 130 Å². The predicted octanol–water partition coefficient (Wildman–Crippen LogP) is 5.22. The van der Waals surface area contributed by atoms with Gasteiger partial charge >= 0.3 is 0 Å². The number of halogens is 5. The molecular weight excluding hydrogens is 405 g/mol. The lowest BCUT2D eigenvalue weighted by Gasteiger charge is -2.15. The molecule has 1 N–H and O–H groups in total. The van der Waals surface area contributed by atoms with E-state index in [2.05, 4.69) is 31.9 Å². The van der Waals surface area contributed by atoms with Gasteiger partial charge in [0, 0.05) is 15.1 Å². The van der Waals surface area contributed by atoms with Crippen molar-refractivity contribution >= 4 is 43.5 Å². The van der Waals surface area contributed by atoms with Gasteiger partial charge in [-0.2, -0.15) is 0 Å². The van der Waals surface area contributed by atoms with Crippen molar-refractivity contribution in [2.24, 2.45) is 0 Å². The number of rotatable bonds is 2. The summed E-state index contributed by atoms with van der Waals surface area (Å²) in [6.45, 7) is 0. The van der Waals surface area contributed by atoms with Gasteiger partial charge in [0.05, 0.1) is 10.0 Å². The summed E-state index contributed by atoms with van der Waals surface area (Å²) in [5.41, 5.74) is -0.195. The lowest BCUT2D eigenvalue weighted by atomic mass is 10.0. The molecule has 6 heteroatoms. The Balaban J connectivity index is 2.56. The van der Waals surface area contributed by atoms with Crippen LogP contribution in [0, 0.1) is 11.6 Å². The number of benzene rings is 2. The average molecular weight is 412 g/mol. The molecular formula is C13H7Br2ClF2O. The lowest BCUT2D eigenvalue weighted by molar-refractivity contribution is 0.209. The summed E-state index contributed by atoms with van der Waals surface area (Å²) in [6.07, 6.45) is -1.47. The first-order valence-electron chi connectivity index (χ1n) is 5.18. The van der Waals surface area contributed by atoms with E-state index in [9.17, 15) is 13.9 Å². The smallest absolute Gasteiger partial charge is 0.146 e. The number of hydrogen-bond acceptors (Lipinski definition) is 1. The molecule has 100 valence electrons. The largest absolute Gasteiger partial charge is 0.383 e. The highest BCUT2D eigenvalue weighted by molar-refractivity contribution is 9.10. The van der Waals surface area contributed by atoms with Gasteiger partial charge in [-0.05, 0) is 40.2 Å². The zero-order valence-corrected chi connectivity index (χ0v) is 13.2. The van der Waals surface area contributed by atoms with Crippen molar-refractivity contribution in [3.63, 3.8) is 0 Å². The normalized spacial score (nSPS) is 12.5. The monoisotopic (exact) mass is 410 g/mol. The third kappa shape index (κ3) is 2.99. The van der Waals surface area contributed by atoms with Crippen molar-refractivity contribution in [1.29, 1.82) is 0 Å². The van der Waals surface area contributed by atoms with Crippen LogP contribution >= 0.6 is 43.5 Å². The predicted molar refractivity (Wildman–Crippen MR) is 77.3 cm³/mol. The van der Waals surface area contributed by atoms with Crippen molar-refractivity contribution in [2.75, 3.05) is 0 Å². The quantitative estimate of drug-likeness (QED) is 0.670. The standard InChI is InChI=1S/C13H7Br2ClF2O/c14-6-1-2-7(9(16)5-6)13(19)11-10(17)4-3-8(15)12(11)18/h1-5,13,19H. The minimum atomic E-state index is -1.47. The van der Waals surface area contributed by atoms with E-state index in [1.54, 1.807) is 12.1 Å². The van der Waals surface area contributed by atoms with Crippen molar-refractivity contribution in [3.8, 4) is 0 Å². The first-order chi connectivity index (χ1) is 8.91. The zero-order valence-electron chi connectivity index (χ0n) is 9.30. The highest BCUT2D eigenvalue weighted by atomic mass is 79.9. The molecule has 0 aliphatic heterocycles. The summed E-state index contributed by atoms with van der Waals surface area (Å²) in [5.74, 6) is -1.67. The van der Waals surface area contributed by atoms with Gasteiger partial charge in [-0.3, -0.25) is 0 Å². The molecule has 0 amide bonds. The Morgan fingerprint density at radius 2 is 1.79 bits per heavy atom. The first kappa shape index (κ1) is 14.9. The minimum absolute atomic E-state index is 0.0798. The summed E-state index contributed by atoms with van der Waals surface area (Å²) < 4.78 is 28.4. The van der Waals surface area contributed by atoms with Crippen LogP contribution in [0.25, 0.3) is 0 Å². The van der Waals surface area contributed by atoms with Crippen LogP contribution in [-0.4, -0.2) is 5.11 Å². The molecule has 0 aliphatic rings. The second-order valence-corrected chi connectivity index (χ2v) is 6.00. The molecule has 2 aromatic carbocycles. The van der Waals surface area contributed by atoms with Gasteiger partial charge in [-0.25, -0.2) is 8.78 Å². The van der Waals surface area contributed by atoms with E-state index in [0.717, 1.165) is 6.07 Å². The van der Waals surface area contributed by atoms with Crippen LogP contribution in [0.1, 0.15) is 17.2 Å². The SMILES string of the molecule is OC(c1ccc(Br)cc1Cl)c1c(F)ccc(Br)c1F. The lowest BCUT2D eigenvalue weighted by Crippen LogP contribution is -2.07. The number of hydrogen-bond donors (Lipinski definition) is 1. The van der Waals surface area contributed by atoms with Gasteiger partial charge in [-0.15, -0.1) is 0 Å². The zero-order chi connectivity index (χ0) is 14.2. The van der Waals surface area contributed by atoms with Crippen LogP contribution in [0.2, 0.25) is 5.02 Å². The Morgan fingerprint density at radius 1 is 1.11 bits per heavy atom. The van der Waals surface area contributed by atoms with Gasteiger partial charge in [0.2, 0.25) is 0 Å². The molecule has 0 heterocycles. The minimum Gasteiger partial charge on any atom is -0.383 e. The second-order valence-electron chi connectivity index (χ2n) is 3.83. The topological polar surface area (TPSA) is 20.2 Å². The molecule has 0 fully saturated rings. The van der Waals surface area contributed by atoms with E-state index in [4.69, 9.17) is 11.6 Å². The fourth-order valence-electron chi connectivity index (χ4n) is 1.67. The molecule has 1 atom stereocenters. The van der Waals surface area contributed by atoms with E-state index < -0.39 is 23.3 Å². The Bertz CT molecular complexity index is 634. The summed E-state index contributed by atoms with van der Waals surface area (Å²) >= 11 is 12.2. The molecule has 0 saturated heterocycles. The fraction of sp³-hybridized carbons (Fsp3) is 0.0769. The maximum Gasteiger partial charge on any atom is 0.146 e. The Morgan fingerprint density at radius 3 is 2.42 bits per heavy atom. The van der Waals surface area contributed by atoms with Crippen LogP contribution in [0.3, 0.4) is 0 Å². The van der Waals surface area contributed by atoms with Crippen molar-refractivity contribution in [3.05, 3.63) is 67.1 Å². The molecule has 0 aliphatic carbocycles. The highest BCUT2D eigenvalue weighted by Crippen LogP contribution is 2.34. The van der Waals surface area contributed by atoms with Gasteiger partial charge in [0.1, 0.15) is 17.7 Å². The van der Waals surface area contributed by atoms with Crippen molar-refractivity contribution < 1.29 is 13.9 Å². The first-order valence-corrected chi connectivity index (χ1v) is 7.14. The Hall–Kier alpha value is -0.490. The average Bonchev–Trinajstić information content (AvgIpc) is 2.34. The molecule has 0 radical (unpaired) electrons. The summed E-state index contributed by atoms with van der Waals surface area (Å²) in [7, 11) is 0. The summed E-state index contributed by atoms with van der Waals surface area (Å²) in [4.78, 5) is 0. The fourth-order valence-corrected chi connectivity index (χ4v) is 2.79. The van der Waals surface area contributed by atoms with E-state index in [-0.39, 0.29) is 15.1 Å². The van der Waals surface area contributed by atoms with Gasteiger partial charge < -0.3 is 5.11 Å². The molecule has 2 rings (SSSR count). The van der Waals surface area contributed by atoms with Crippen molar-refractivity contribution in [2.45, 2.75) is 6.10 Å². The van der Waals surface area contributed by atoms with Crippen LogP contribution in [0.5, 0.6) is 0 Å². The van der Waals surface area contributed by atoms with E-state index in [0.29, 0.717) is 4.47 Å². The molecule has 19 heavy (non-hydrogen) atoms. The van der Waals surface area contributed by atoms with Crippen LogP contribution in [0.15, 0.2) is 39.3 Å². The van der Waals surface area contributed by atoms with Crippen LogP contribution in [-0.2, 0) is 0 Å². The molecule has 0 bridgehead atoms. The van der Waals surface area contributed by atoms with E-state index in [1.807, 2.05) is 0 Å². The van der Waals surface area contributed by atoms with Gasteiger partial charge in [0.15, 0.2) is 0 Å². The molecule has 1 nitrogen and oxygen atoms in total. The molecule has 0 saturated carbocycles. The second kappa shape index (κ2) is 5.87.